The predicted octanol–water partition coefficient (Wildman–Crippen LogP) is 5.87. The lowest BCUT2D eigenvalue weighted by Gasteiger charge is -2.08. The van der Waals surface area contributed by atoms with E-state index in [2.05, 4.69) is 10.3 Å². The van der Waals surface area contributed by atoms with Crippen molar-refractivity contribution in [2.24, 2.45) is 0 Å². The minimum atomic E-state index is -0.812. The summed E-state index contributed by atoms with van der Waals surface area (Å²) in [5.41, 5.74) is 2.23. The molecule has 2 heterocycles. The van der Waals surface area contributed by atoms with Crippen LogP contribution in [0.3, 0.4) is 0 Å². The molecule has 0 unspecified atom stereocenters. The van der Waals surface area contributed by atoms with Gasteiger partial charge in [-0.3, -0.25) is 9.59 Å². The quantitative estimate of drug-likeness (QED) is 0.231. The van der Waals surface area contributed by atoms with Gasteiger partial charge in [0.2, 0.25) is 0 Å². The molecular formula is C22H14Cl3N3O2. The van der Waals surface area contributed by atoms with Crippen LogP contribution in [0.15, 0.2) is 66.9 Å². The zero-order valence-corrected chi connectivity index (χ0v) is 17.7. The van der Waals surface area contributed by atoms with Crippen molar-refractivity contribution in [1.29, 1.82) is 0 Å². The summed E-state index contributed by atoms with van der Waals surface area (Å²) in [5, 5.41) is 4.17. The second-order valence-corrected chi connectivity index (χ2v) is 7.73. The van der Waals surface area contributed by atoms with Crippen LogP contribution in [0.5, 0.6) is 0 Å². The number of amides is 1. The Bertz CT molecular complexity index is 1270. The standard InChI is InChI=1S/C22H14Cl3N3O2/c23-14-7-5-13(6-8-14)12-28-17-4-2-1-3-16(17)19(21(28)25)20(29)22(30)27-15-9-10-26-18(24)11-15/h1-11H,12H2,(H,26,27,30). The molecule has 0 aliphatic carbocycles. The number of pyridine rings is 1. The largest absolute Gasteiger partial charge is 0.327 e. The first-order valence-corrected chi connectivity index (χ1v) is 10.1. The molecule has 0 aliphatic rings. The number of para-hydroxylation sites is 1. The number of aromatic nitrogens is 2. The molecule has 30 heavy (non-hydrogen) atoms. The number of fused-ring (bicyclic) bond motifs is 1. The first kappa shape index (κ1) is 20.4. The van der Waals surface area contributed by atoms with Gasteiger partial charge in [-0.15, -0.1) is 0 Å². The Morgan fingerprint density at radius 3 is 2.43 bits per heavy atom. The summed E-state index contributed by atoms with van der Waals surface area (Å²) in [5.74, 6) is -1.55. The van der Waals surface area contributed by atoms with Gasteiger partial charge in [0.05, 0.1) is 11.1 Å². The summed E-state index contributed by atoms with van der Waals surface area (Å²) in [7, 11) is 0. The number of carbonyl (C=O) groups is 2. The fourth-order valence-electron chi connectivity index (χ4n) is 3.20. The number of halogens is 3. The number of nitrogens with one attached hydrogen (secondary N) is 1. The molecule has 2 aromatic carbocycles. The highest BCUT2D eigenvalue weighted by molar-refractivity contribution is 6.52. The molecule has 0 aliphatic heterocycles. The second kappa shape index (κ2) is 8.48. The van der Waals surface area contributed by atoms with Gasteiger partial charge in [-0.1, -0.05) is 65.1 Å². The second-order valence-electron chi connectivity index (χ2n) is 6.55. The minimum absolute atomic E-state index is 0.152. The molecule has 150 valence electrons. The topological polar surface area (TPSA) is 64.0 Å². The normalized spacial score (nSPS) is 10.9. The van der Waals surface area contributed by atoms with Crippen molar-refractivity contribution < 1.29 is 9.59 Å². The summed E-state index contributed by atoms with van der Waals surface area (Å²) in [6, 6.07) is 17.6. The Morgan fingerprint density at radius 2 is 1.70 bits per heavy atom. The van der Waals surface area contributed by atoms with Crippen molar-refractivity contribution in [1.82, 2.24) is 9.55 Å². The highest BCUT2D eigenvalue weighted by Gasteiger charge is 2.26. The number of carbonyl (C=O) groups excluding carboxylic acids is 2. The molecule has 0 radical (unpaired) electrons. The van der Waals surface area contributed by atoms with Crippen molar-refractivity contribution in [2.45, 2.75) is 6.54 Å². The van der Waals surface area contributed by atoms with E-state index in [1.165, 1.54) is 12.3 Å². The predicted molar refractivity (Wildman–Crippen MR) is 120 cm³/mol. The fourth-order valence-corrected chi connectivity index (χ4v) is 3.84. The Kier molecular flexibility index (Phi) is 5.77. The van der Waals surface area contributed by atoms with Crippen LogP contribution in [0.4, 0.5) is 5.69 Å². The summed E-state index contributed by atoms with van der Waals surface area (Å²) >= 11 is 18.4. The van der Waals surface area contributed by atoms with Gasteiger partial charge in [0, 0.05) is 28.8 Å². The highest BCUT2D eigenvalue weighted by Crippen LogP contribution is 2.32. The lowest BCUT2D eigenvalue weighted by molar-refractivity contribution is -0.112. The third-order valence-corrected chi connectivity index (χ3v) is 5.43. The third-order valence-electron chi connectivity index (χ3n) is 4.58. The van der Waals surface area contributed by atoms with Crippen LogP contribution < -0.4 is 5.32 Å². The Balaban J connectivity index is 1.71. The van der Waals surface area contributed by atoms with Gasteiger partial charge in [0.15, 0.2) is 0 Å². The number of ketones is 1. The molecule has 5 nitrogen and oxygen atoms in total. The molecule has 8 heteroatoms. The van der Waals surface area contributed by atoms with Crippen molar-refractivity contribution in [3.05, 3.63) is 93.3 Å². The summed E-state index contributed by atoms with van der Waals surface area (Å²) in [6.45, 7) is 0.422. The van der Waals surface area contributed by atoms with Crippen molar-refractivity contribution in [3.8, 4) is 0 Å². The molecule has 4 rings (SSSR count). The first-order chi connectivity index (χ1) is 14.4. The van der Waals surface area contributed by atoms with Gasteiger partial charge < -0.3 is 9.88 Å². The van der Waals surface area contributed by atoms with Crippen LogP contribution in [-0.2, 0) is 11.3 Å². The van der Waals surface area contributed by atoms with Gasteiger partial charge in [0.25, 0.3) is 11.7 Å². The third kappa shape index (κ3) is 4.05. The Hall–Kier alpha value is -2.86. The molecule has 0 saturated heterocycles. The van der Waals surface area contributed by atoms with E-state index in [1.807, 2.05) is 24.3 Å². The maximum atomic E-state index is 13.0. The molecule has 1 amide bonds. The van der Waals surface area contributed by atoms with Gasteiger partial charge >= 0.3 is 0 Å². The van der Waals surface area contributed by atoms with E-state index in [1.54, 1.807) is 34.9 Å². The fraction of sp³-hybridized carbons (Fsp3) is 0.0455. The van der Waals surface area contributed by atoms with Gasteiger partial charge in [-0.25, -0.2) is 4.98 Å². The van der Waals surface area contributed by atoms with Gasteiger partial charge in [-0.2, -0.15) is 0 Å². The van der Waals surface area contributed by atoms with Crippen LogP contribution in [-0.4, -0.2) is 21.2 Å². The summed E-state index contributed by atoms with van der Waals surface area (Å²) in [6.07, 6.45) is 1.44. The molecule has 1 N–H and O–H groups in total. The Morgan fingerprint density at radius 1 is 0.967 bits per heavy atom. The van der Waals surface area contributed by atoms with Gasteiger partial charge in [0.1, 0.15) is 10.3 Å². The molecule has 4 aromatic rings. The molecule has 0 atom stereocenters. The number of anilines is 1. The number of benzene rings is 2. The average molecular weight is 459 g/mol. The van der Waals surface area contributed by atoms with Gasteiger partial charge in [-0.05, 0) is 35.9 Å². The van der Waals surface area contributed by atoms with E-state index < -0.39 is 11.7 Å². The molecular weight excluding hydrogens is 445 g/mol. The lowest BCUT2D eigenvalue weighted by Crippen LogP contribution is -2.23. The van der Waals surface area contributed by atoms with E-state index in [9.17, 15) is 9.59 Å². The molecule has 0 fully saturated rings. The molecule has 0 bridgehead atoms. The minimum Gasteiger partial charge on any atom is -0.327 e. The molecule has 2 aromatic heterocycles. The van der Waals surface area contributed by atoms with Crippen molar-refractivity contribution in [3.63, 3.8) is 0 Å². The Labute approximate surface area is 187 Å². The number of Topliss-reactive ketones (excluding diaryl/α,β-unsaturated/α-hetero) is 1. The SMILES string of the molecule is O=C(Nc1ccnc(Cl)c1)C(=O)c1c(Cl)n(Cc2ccc(Cl)cc2)c2ccccc12. The van der Waals surface area contributed by atoms with E-state index in [0.717, 1.165) is 11.1 Å². The molecule has 0 spiro atoms. The lowest BCUT2D eigenvalue weighted by atomic mass is 10.1. The van der Waals surface area contributed by atoms with Crippen LogP contribution in [0, 0.1) is 0 Å². The van der Waals surface area contributed by atoms with Crippen LogP contribution in [0.2, 0.25) is 15.3 Å². The number of rotatable bonds is 5. The number of hydrogen-bond donors (Lipinski definition) is 1. The van der Waals surface area contributed by atoms with E-state index in [0.29, 0.717) is 22.6 Å². The number of hydrogen-bond acceptors (Lipinski definition) is 3. The average Bonchev–Trinajstić information content (AvgIpc) is 3.00. The van der Waals surface area contributed by atoms with Crippen molar-refractivity contribution in [2.75, 3.05) is 5.32 Å². The van der Waals surface area contributed by atoms with Crippen molar-refractivity contribution >= 4 is 63.1 Å². The van der Waals surface area contributed by atoms with E-state index in [-0.39, 0.29) is 15.9 Å². The summed E-state index contributed by atoms with van der Waals surface area (Å²) in [4.78, 5) is 29.5. The smallest absolute Gasteiger partial charge is 0.296 e. The van der Waals surface area contributed by atoms with Crippen LogP contribution >= 0.6 is 34.8 Å². The van der Waals surface area contributed by atoms with Crippen LogP contribution in [0.1, 0.15) is 15.9 Å². The first-order valence-electron chi connectivity index (χ1n) is 8.92. The maximum Gasteiger partial charge on any atom is 0.296 e. The van der Waals surface area contributed by atoms with E-state index in [4.69, 9.17) is 34.8 Å². The zero-order chi connectivity index (χ0) is 21.3. The highest BCUT2D eigenvalue weighted by atomic mass is 35.5. The number of nitrogens with zero attached hydrogens (tertiary/aromatic N) is 2. The zero-order valence-electron chi connectivity index (χ0n) is 15.4. The monoisotopic (exact) mass is 457 g/mol. The maximum absolute atomic E-state index is 13.0. The van der Waals surface area contributed by atoms with Crippen LogP contribution in [0.25, 0.3) is 10.9 Å². The molecule has 0 saturated carbocycles. The summed E-state index contributed by atoms with van der Waals surface area (Å²) < 4.78 is 1.80. The van der Waals surface area contributed by atoms with E-state index >= 15 is 0 Å².